The molecule has 6 rings (SSSR count). The highest BCUT2D eigenvalue weighted by atomic mass is 19.1. The maximum atomic E-state index is 16.5. The van der Waals surface area contributed by atoms with E-state index in [4.69, 9.17) is 9.47 Å². The molecule has 0 saturated carbocycles. The number of methoxy groups -OCH3 is 2. The van der Waals surface area contributed by atoms with Gasteiger partial charge < -0.3 is 9.47 Å². The highest BCUT2D eigenvalue weighted by Crippen LogP contribution is 2.51. The van der Waals surface area contributed by atoms with Crippen LogP contribution in [0.4, 0.5) is 4.39 Å². The maximum absolute atomic E-state index is 16.5. The number of ether oxygens (including phenoxy) is 2. The standard InChI is InChI=1S/C31H32FNO3/c1-35-27-15-23-14-24(30(34)26(23)16-28(27)36-2)17-31(32)18-25-12-13-29(31)33(25)19-20-8-10-22(11-9-20)21-6-4-3-5-7-21/h3-11,15-16,24-25,29H,12-14,17-19H2,1-2H3. The number of alkyl halides is 1. The van der Waals surface area contributed by atoms with Crippen LogP contribution in [0.1, 0.15) is 47.2 Å². The van der Waals surface area contributed by atoms with Crippen molar-refractivity contribution in [2.75, 3.05) is 14.2 Å². The van der Waals surface area contributed by atoms with Crippen LogP contribution in [0.5, 0.6) is 11.5 Å². The van der Waals surface area contributed by atoms with Gasteiger partial charge in [-0.2, -0.15) is 0 Å². The lowest BCUT2D eigenvalue weighted by molar-refractivity contribution is 0.0604. The highest BCUT2D eigenvalue weighted by Gasteiger charge is 2.57. The summed E-state index contributed by atoms with van der Waals surface area (Å²) in [5.74, 6) is 0.871. The van der Waals surface area contributed by atoms with Crippen LogP contribution in [0.2, 0.25) is 0 Å². The molecule has 3 aromatic rings. The van der Waals surface area contributed by atoms with Gasteiger partial charge >= 0.3 is 0 Å². The smallest absolute Gasteiger partial charge is 0.166 e. The van der Waals surface area contributed by atoms with E-state index in [0.29, 0.717) is 29.9 Å². The summed E-state index contributed by atoms with van der Waals surface area (Å²) in [6.45, 7) is 0.753. The molecule has 0 radical (unpaired) electrons. The van der Waals surface area contributed by atoms with Crippen LogP contribution < -0.4 is 9.47 Å². The maximum Gasteiger partial charge on any atom is 0.166 e. The van der Waals surface area contributed by atoms with Crippen molar-refractivity contribution in [1.29, 1.82) is 0 Å². The molecule has 0 N–H and O–H groups in total. The molecule has 4 atom stereocenters. The van der Waals surface area contributed by atoms with Crippen LogP contribution in [0.3, 0.4) is 0 Å². The molecule has 36 heavy (non-hydrogen) atoms. The Kier molecular flexibility index (Phi) is 5.83. The molecule has 1 aliphatic carbocycles. The topological polar surface area (TPSA) is 38.8 Å². The lowest BCUT2D eigenvalue weighted by Crippen LogP contribution is -2.41. The van der Waals surface area contributed by atoms with Crippen molar-refractivity contribution < 1.29 is 18.7 Å². The second-order valence-corrected chi connectivity index (χ2v) is 10.6. The van der Waals surface area contributed by atoms with Crippen LogP contribution in [0.15, 0.2) is 66.7 Å². The van der Waals surface area contributed by atoms with Crippen molar-refractivity contribution in [2.45, 2.75) is 56.4 Å². The third kappa shape index (κ3) is 3.90. The largest absolute Gasteiger partial charge is 0.493 e. The van der Waals surface area contributed by atoms with Crippen molar-refractivity contribution in [3.8, 4) is 22.6 Å². The Morgan fingerprint density at radius 3 is 2.36 bits per heavy atom. The summed E-state index contributed by atoms with van der Waals surface area (Å²) < 4.78 is 27.3. The number of carbonyl (C=O) groups excluding carboxylic acids is 1. The number of fused-ring (bicyclic) bond motifs is 3. The van der Waals surface area contributed by atoms with Gasteiger partial charge in [0.2, 0.25) is 0 Å². The molecule has 3 aromatic carbocycles. The van der Waals surface area contributed by atoms with Crippen LogP contribution in [-0.4, -0.2) is 42.7 Å². The molecule has 4 unspecified atom stereocenters. The molecule has 5 heteroatoms. The second kappa shape index (κ2) is 9.04. The van der Waals surface area contributed by atoms with Gasteiger partial charge in [-0.15, -0.1) is 0 Å². The van der Waals surface area contributed by atoms with E-state index in [1.807, 2.05) is 24.3 Å². The normalized spacial score (nSPS) is 26.9. The minimum absolute atomic E-state index is 0.0359. The molecule has 186 valence electrons. The van der Waals surface area contributed by atoms with E-state index in [0.717, 1.165) is 24.9 Å². The molecular formula is C31H32FNO3. The summed E-state index contributed by atoms with van der Waals surface area (Å²) in [6, 6.07) is 22.7. The van der Waals surface area contributed by atoms with Crippen LogP contribution >= 0.6 is 0 Å². The minimum atomic E-state index is -1.33. The van der Waals surface area contributed by atoms with Gasteiger partial charge in [-0.25, -0.2) is 4.39 Å². The Balaban J connectivity index is 1.16. The first-order chi connectivity index (χ1) is 17.5. The molecule has 0 amide bonds. The van der Waals surface area contributed by atoms with Gasteiger partial charge in [-0.05, 0) is 66.5 Å². The predicted octanol–water partition coefficient (Wildman–Crippen LogP) is 6.26. The Morgan fingerprint density at radius 2 is 1.64 bits per heavy atom. The number of ketones is 1. The fourth-order valence-electron chi connectivity index (χ4n) is 6.81. The third-order valence-corrected chi connectivity index (χ3v) is 8.54. The molecule has 2 heterocycles. The summed E-state index contributed by atoms with van der Waals surface area (Å²) in [5, 5.41) is 0. The number of hydrogen-bond donors (Lipinski definition) is 0. The first kappa shape index (κ1) is 23.2. The Bertz CT molecular complexity index is 1270. The molecule has 4 nitrogen and oxygen atoms in total. The van der Waals surface area contributed by atoms with Crippen molar-refractivity contribution in [2.24, 2.45) is 5.92 Å². The number of hydrogen-bond acceptors (Lipinski definition) is 4. The van der Waals surface area contributed by atoms with Gasteiger partial charge in [0.05, 0.1) is 14.2 Å². The number of rotatable bonds is 7. The fraction of sp³-hybridized carbons (Fsp3) is 0.387. The number of Topliss-reactive ketones (excluding diaryl/α,β-unsaturated/α-hetero) is 1. The molecule has 0 aromatic heterocycles. The molecule has 2 fully saturated rings. The molecule has 2 aliphatic heterocycles. The third-order valence-electron chi connectivity index (χ3n) is 8.54. The zero-order chi connectivity index (χ0) is 24.9. The molecule has 3 aliphatic rings. The van der Waals surface area contributed by atoms with Crippen LogP contribution in [-0.2, 0) is 13.0 Å². The van der Waals surface area contributed by atoms with Crippen LogP contribution in [0.25, 0.3) is 11.1 Å². The van der Waals surface area contributed by atoms with Crippen molar-refractivity contribution >= 4 is 5.78 Å². The summed E-state index contributed by atoms with van der Waals surface area (Å²) in [4.78, 5) is 15.6. The first-order valence-corrected chi connectivity index (χ1v) is 12.9. The van der Waals surface area contributed by atoms with Gasteiger partial charge in [0.1, 0.15) is 5.67 Å². The van der Waals surface area contributed by atoms with Gasteiger partial charge in [-0.3, -0.25) is 9.69 Å². The second-order valence-electron chi connectivity index (χ2n) is 10.6. The van der Waals surface area contributed by atoms with Crippen molar-refractivity contribution in [1.82, 2.24) is 4.90 Å². The van der Waals surface area contributed by atoms with Gasteiger partial charge in [0.15, 0.2) is 17.3 Å². The molecule has 0 spiro atoms. The SMILES string of the molecule is COc1cc2c(cc1OC)C(=O)C(CC1(F)CC3CCC1N3Cc1ccc(-c3ccccc3)cc1)C2. The molecule has 2 saturated heterocycles. The first-order valence-electron chi connectivity index (χ1n) is 12.9. The molecule has 2 bridgehead atoms. The van der Waals surface area contributed by atoms with Gasteiger partial charge in [0, 0.05) is 30.1 Å². The fourth-order valence-corrected chi connectivity index (χ4v) is 6.81. The predicted molar refractivity (Wildman–Crippen MR) is 138 cm³/mol. The Hall–Kier alpha value is -3.18. The number of benzene rings is 3. The minimum Gasteiger partial charge on any atom is -0.493 e. The summed E-state index contributed by atoms with van der Waals surface area (Å²) in [5.41, 5.74) is 3.86. The number of halogens is 1. The average molecular weight is 486 g/mol. The van der Waals surface area contributed by atoms with Crippen LogP contribution in [0, 0.1) is 5.92 Å². The zero-order valence-corrected chi connectivity index (χ0v) is 20.9. The van der Waals surface area contributed by atoms with E-state index < -0.39 is 5.67 Å². The lowest BCUT2D eigenvalue weighted by Gasteiger charge is -2.32. The van der Waals surface area contributed by atoms with Gasteiger partial charge in [0.25, 0.3) is 0 Å². The summed E-state index contributed by atoms with van der Waals surface area (Å²) in [7, 11) is 3.16. The molecular weight excluding hydrogens is 453 g/mol. The number of carbonyl (C=O) groups is 1. The Morgan fingerprint density at radius 1 is 0.944 bits per heavy atom. The van der Waals surface area contributed by atoms with Crippen molar-refractivity contribution in [3.63, 3.8) is 0 Å². The monoisotopic (exact) mass is 485 g/mol. The quantitative estimate of drug-likeness (QED) is 0.396. The van der Waals surface area contributed by atoms with E-state index in [1.165, 1.54) is 16.7 Å². The zero-order valence-electron chi connectivity index (χ0n) is 20.9. The Labute approximate surface area is 212 Å². The van der Waals surface area contributed by atoms with Crippen molar-refractivity contribution in [3.05, 3.63) is 83.4 Å². The lowest BCUT2D eigenvalue weighted by atomic mass is 9.79. The van der Waals surface area contributed by atoms with E-state index in [9.17, 15) is 4.79 Å². The van der Waals surface area contributed by atoms with E-state index in [-0.39, 0.29) is 30.2 Å². The summed E-state index contributed by atoms with van der Waals surface area (Å²) >= 11 is 0. The van der Waals surface area contributed by atoms with Gasteiger partial charge in [-0.1, -0.05) is 54.6 Å². The van der Waals surface area contributed by atoms with E-state index in [1.54, 1.807) is 20.3 Å². The van der Waals surface area contributed by atoms with E-state index >= 15 is 4.39 Å². The number of nitrogens with zero attached hydrogens (tertiary/aromatic N) is 1. The summed E-state index contributed by atoms with van der Waals surface area (Å²) in [6.07, 6.45) is 3.27. The average Bonchev–Trinajstić information content (AvgIpc) is 3.52. The highest BCUT2D eigenvalue weighted by molar-refractivity contribution is 6.03. The van der Waals surface area contributed by atoms with E-state index in [2.05, 4.69) is 41.3 Å².